The quantitative estimate of drug-likeness (QED) is 0.893. The molecule has 1 amide bonds. The Kier molecular flexibility index (Phi) is 3.63. The first-order valence-corrected chi connectivity index (χ1v) is 8.09. The fourth-order valence-corrected chi connectivity index (χ4v) is 4.43. The highest BCUT2D eigenvalue weighted by Crippen LogP contribution is 2.32. The van der Waals surface area contributed by atoms with Crippen LogP contribution in [0.5, 0.6) is 0 Å². The van der Waals surface area contributed by atoms with Crippen molar-refractivity contribution < 1.29 is 9.90 Å². The highest BCUT2D eigenvalue weighted by atomic mass is 32.1. The topological polar surface area (TPSA) is 49.3 Å². The number of aryl methyl sites for hydroxylation is 2. The summed E-state index contributed by atoms with van der Waals surface area (Å²) in [7, 11) is 0. The Balaban J connectivity index is 1.74. The van der Waals surface area contributed by atoms with E-state index < -0.39 is 0 Å². The maximum absolute atomic E-state index is 12.4. The molecule has 4 heteroatoms. The molecule has 1 heterocycles. The summed E-state index contributed by atoms with van der Waals surface area (Å²) in [6.45, 7) is 0.0594. The summed E-state index contributed by atoms with van der Waals surface area (Å²) in [6, 6.07) is 2.06. The number of hydrogen-bond acceptors (Lipinski definition) is 3. The van der Waals surface area contributed by atoms with Crippen molar-refractivity contribution in [3.8, 4) is 0 Å². The molecule has 0 atom stereocenters. The number of rotatable bonds is 3. The van der Waals surface area contributed by atoms with Gasteiger partial charge in [0.25, 0.3) is 5.91 Å². The number of thiophene rings is 1. The second kappa shape index (κ2) is 5.25. The smallest absolute Gasteiger partial charge is 0.261 e. The third-order valence-electron chi connectivity index (χ3n) is 4.46. The fourth-order valence-electron chi connectivity index (χ4n) is 3.28. The SMILES string of the molecule is O=C(NC1(CO)CCCC1)c1cc2c(s1)CCCC2. The molecule has 1 aromatic rings. The number of aliphatic hydroxyl groups is 1. The van der Waals surface area contributed by atoms with Gasteiger partial charge in [-0.15, -0.1) is 11.3 Å². The standard InChI is InChI=1S/C15H21NO2S/c17-10-15(7-3-4-8-15)16-14(18)13-9-11-5-1-2-6-12(11)19-13/h9,17H,1-8,10H2,(H,16,18). The zero-order valence-corrected chi connectivity index (χ0v) is 12.0. The van der Waals surface area contributed by atoms with E-state index in [-0.39, 0.29) is 18.1 Å². The number of amides is 1. The van der Waals surface area contributed by atoms with E-state index in [0.717, 1.165) is 43.4 Å². The van der Waals surface area contributed by atoms with E-state index in [1.165, 1.54) is 23.3 Å². The van der Waals surface area contributed by atoms with Gasteiger partial charge >= 0.3 is 0 Å². The van der Waals surface area contributed by atoms with Crippen LogP contribution in [-0.4, -0.2) is 23.2 Å². The van der Waals surface area contributed by atoms with E-state index in [1.54, 1.807) is 11.3 Å². The third kappa shape index (κ3) is 2.56. The molecule has 1 saturated carbocycles. The third-order valence-corrected chi connectivity index (χ3v) is 5.70. The molecule has 2 aliphatic carbocycles. The van der Waals surface area contributed by atoms with E-state index in [2.05, 4.69) is 11.4 Å². The Hall–Kier alpha value is -0.870. The van der Waals surface area contributed by atoms with Gasteiger partial charge in [0, 0.05) is 4.88 Å². The van der Waals surface area contributed by atoms with Crippen molar-refractivity contribution in [2.75, 3.05) is 6.61 Å². The van der Waals surface area contributed by atoms with E-state index >= 15 is 0 Å². The number of aliphatic hydroxyl groups excluding tert-OH is 1. The van der Waals surface area contributed by atoms with Crippen LogP contribution >= 0.6 is 11.3 Å². The van der Waals surface area contributed by atoms with Gasteiger partial charge in [-0.25, -0.2) is 0 Å². The van der Waals surface area contributed by atoms with Gasteiger partial charge < -0.3 is 10.4 Å². The molecule has 2 aliphatic rings. The van der Waals surface area contributed by atoms with Crippen molar-refractivity contribution in [2.24, 2.45) is 0 Å². The van der Waals surface area contributed by atoms with Crippen LogP contribution in [-0.2, 0) is 12.8 Å². The molecule has 19 heavy (non-hydrogen) atoms. The summed E-state index contributed by atoms with van der Waals surface area (Å²) in [6.07, 6.45) is 8.73. The van der Waals surface area contributed by atoms with E-state index in [4.69, 9.17) is 0 Å². The Morgan fingerprint density at radius 1 is 1.26 bits per heavy atom. The monoisotopic (exact) mass is 279 g/mol. The molecule has 0 spiro atoms. The first-order valence-electron chi connectivity index (χ1n) is 7.27. The lowest BCUT2D eigenvalue weighted by Crippen LogP contribution is -2.49. The number of nitrogens with one attached hydrogen (secondary N) is 1. The zero-order valence-electron chi connectivity index (χ0n) is 11.2. The summed E-state index contributed by atoms with van der Waals surface area (Å²) >= 11 is 1.64. The van der Waals surface area contributed by atoms with Gasteiger partial charge in [-0.2, -0.15) is 0 Å². The van der Waals surface area contributed by atoms with Crippen LogP contribution < -0.4 is 5.32 Å². The second-order valence-corrected chi connectivity index (χ2v) is 7.00. The molecule has 0 bridgehead atoms. The average molecular weight is 279 g/mol. The van der Waals surface area contributed by atoms with E-state index in [1.807, 2.05) is 0 Å². The van der Waals surface area contributed by atoms with Crippen LogP contribution in [0.15, 0.2) is 6.07 Å². The summed E-state index contributed by atoms with van der Waals surface area (Å²) in [5, 5.41) is 12.7. The van der Waals surface area contributed by atoms with Crippen molar-refractivity contribution in [1.82, 2.24) is 5.32 Å². The van der Waals surface area contributed by atoms with Crippen LogP contribution in [0.3, 0.4) is 0 Å². The predicted octanol–water partition coefficient (Wildman–Crippen LogP) is 2.66. The summed E-state index contributed by atoms with van der Waals surface area (Å²) in [5.41, 5.74) is 1.01. The lowest BCUT2D eigenvalue weighted by molar-refractivity contribution is 0.0842. The van der Waals surface area contributed by atoms with Crippen LogP contribution in [0.4, 0.5) is 0 Å². The first-order chi connectivity index (χ1) is 9.22. The van der Waals surface area contributed by atoms with Crippen LogP contribution in [0.2, 0.25) is 0 Å². The van der Waals surface area contributed by atoms with E-state index in [0.29, 0.717) is 0 Å². The molecule has 3 nitrogen and oxygen atoms in total. The van der Waals surface area contributed by atoms with Gasteiger partial charge in [0.1, 0.15) is 0 Å². The molecule has 104 valence electrons. The molecule has 2 N–H and O–H groups in total. The highest BCUT2D eigenvalue weighted by molar-refractivity contribution is 7.14. The maximum atomic E-state index is 12.4. The summed E-state index contributed by atoms with van der Waals surface area (Å²) in [5.74, 6) is 0.00958. The fraction of sp³-hybridized carbons (Fsp3) is 0.667. The predicted molar refractivity (Wildman–Crippen MR) is 76.7 cm³/mol. The zero-order chi connectivity index (χ0) is 13.3. The number of carbonyl (C=O) groups excluding carboxylic acids is 1. The van der Waals surface area contributed by atoms with Crippen LogP contribution in [0.1, 0.15) is 58.6 Å². The molecular formula is C15H21NO2S. The van der Waals surface area contributed by atoms with Crippen LogP contribution in [0.25, 0.3) is 0 Å². The maximum Gasteiger partial charge on any atom is 0.261 e. The van der Waals surface area contributed by atoms with E-state index in [9.17, 15) is 9.90 Å². The molecule has 0 unspecified atom stereocenters. The normalized spacial score (nSPS) is 21.1. The van der Waals surface area contributed by atoms with Gasteiger partial charge in [-0.3, -0.25) is 4.79 Å². The van der Waals surface area contributed by atoms with Crippen molar-refractivity contribution in [3.63, 3.8) is 0 Å². The number of fused-ring (bicyclic) bond motifs is 1. The minimum Gasteiger partial charge on any atom is -0.394 e. The van der Waals surface area contributed by atoms with Gasteiger partial charge in [-0.05, 0) is 50.2 Å². The minimum absolute atomic E-state index is 0.00958. The van der Waals surface area contributed by atoms with Crippen molar-refractivity contribution in [3.05, 3.63) is 21.4 Å². The molecule has 0 saturated heterocycles. The lowest BCUT2D eigenvalue weighted by Gasteiger charge is -2.27. The summed E-state index contributed by atoms with van der Waals surface area (Å²) < 4.78 is 0. The Bertz CT molecular complexity index is 451. The first kappa shape index (κ1) is 13.1. The minimum atomic E-state index is -0.360. The molecule has 1 aromatic heterocycles. The lowest BCUT2D eigenvalue weighted by atomic mass is 9.98. The van der Waals surface area contributed by atoms with Crippen molar-refractivity contribution in [1.29, 1.82) is 0 Å². The molecule has 0 aliphatic heterocycles. The van der Waals surface area contributed by atoms with Crippen LogP contribution in [0, 0.1) is 0 Å². The van der Waals surface area contributed by atoms with Gasteiger partial charge in [-0.1, -0.05) is 12.8 Å². The van der Waals surface area contributed by atoms with Gasteiger partial charge in [0.15, 0.2) is 0 Å². The van der Waals surface area contributed by atoms with Crippen molar-refractivity contribution in [2.45, 2.75) is 56.9 Å². The number of hydrogen-bond donors (Lipinski definition) is 2. The summed E-state index contributed by atoms with van der Waals surface area (Å²) in [4.78, 5) is 14.6. The van der Waals surface area contributed by atoms with Gasteiger partial charge in [0.2, 0.25) is 0 Å². The Labute approximate surface area is 118 Å². The Morgan fingerprint density at radius 3 is 2.68 bits per heavy atom. The number of carbonyl (C=O) groups is 1. The molecule has 0 radical (unpaired) electrons. The second-order valence-electron chi connectivity index (χ2n) is 5.87. The molecule has 3 rings (SSSR count). The highest BCUT2D eigenvalue weighted by Gasteiger charge is 2.35. The Morgan fingerprint density at radius 2 is 2.00 bits per heavy atom. The average Bonchev–Trinajstić information content (AvgIpc) is 3.05. The molecule has 0 aromatic carbocycles. The largest absolute Gasteiger partial charge is 0.394 e. The molecule has 1 fully saturated rings. The van der Waals surface area contributed by atoms with Crippen molar-refractivity contribution >= 4 is 17.2 Å². The van der Waals surface area contributed by atoms with Gasteiger partial charge in [0.05, 0.1) is 17.0 Å². The molecular weight excluding hydrogens is 258 g/mol.